The van der Waals surface area contributed by atoms with Gasteiger partial charge in [0.15, 0.2) is 11.6 Å². The molecule has 3 aromatic rings. The number of amides is 3. The van der Waals surface area contributed by atoms with Gasteiger partial charge in [0.2, 0.25) is 0 Å². The third-order valence-electron chi connectivity index (χ3n) is 4.86. The Morgan fingerprint density at radius 2 is 1.85 bits per heavy atom. The molecular weight excluding hydrogens is 462 g/mol. The Morgan fingerprint density at radius 3 is 2.47 bits per heavy atom. The molecule has 4 N–H and O–H groups in total. The van der Waals surface area contributed by atoms with Gasteiger partial charge in [-0.2, -0.15) is 0 Å². The van der Waals surface area contributed by atoms with Crippen LogP contribution in [0.5, 0.6) is 0 Å². The maximum atomic E-state index is 13.5. The Bertz CT molecular complexity index is 1140. The summed E-state index contributed by atoms with van der Waals surface area (Å²) in [4.78, 5) is 33.0. The first-order valence-corrected chi connectivity index (χ1v) is 11.4. The molecule has 0 radical (unpaired) electrons. The number of hydrogen-bond donors (Lipinski definition) is 3. The van der Waals surface area contributed by atoms with Crippen LogP contribution in [0.4, 0.5) is 30.6 Å². The van der Waals surface area contributed by atoms with E-state index in [1.165, 1.54) is 23.6 Å². The quantitative estimate of drug-likeness (QED) is 0.418. The zero-order valence-electron chi connectivity index (χ0n) is 18.8. The number of nitrogens with two attached hydrogens (primary N) is 1. The van der Waals surface area contributed by atoms with Gasteiger partial charge in [-0.1, -0.05) is 6.07 Å². The zero-order valence-corrected chi connectivity index (χ0v) is 19.7. The van der Waals surface area contributed by atoms with Crippen LogP contribution < -0.4 is 16.4 Å². The minimum absolute atomic E-state index is 0.152. The fourth-order valence-electron chi connectivity index (χ4n) is 3.07. The molecule has 0 spiro atoms. The number of nitrogens with zero attached hydrogens (tertiary/aromatic N) is 3. The summed E-state index contributed by atoms with van der Waals surface area (Å²) < 4.78 is 26.7. The number of carbonyl (C=O) groups is 2. The van der Waals surface area contributed by atoms with Gasteiger partial charge in [0.25, 0.3) is 5.91 Å². The molecular formula is C23H26F2N6O2S. The van der Waals surface area contributed by atoms with Gasteiger partial charge in [-0.05, 0) is 50.8 Å². The SMILES string of the molecule is CN(C)CCCN(Cc1ccc(C(=O)Nc2cscc2N)nc1)C(=O)Nc1ccc(F)c(F)c1. The van der Waals surface area contributed by atoms with E-state index in [0.29, 0.717) is 29.9 Å². The Labute approximate surface area is 200 Å². The molecule has 0 aliphatic heterocycles. The van der Waals surface area contributed by atoms with E-state index in [0.717, 1.165) is 18.7 Å². The Morgan fingerprint density at radius 1 is 1.06 bits per heavy atom. The van der Waals surface area contributed by atoms with Crippen molar-refractivity contribution in [2.45, 2.75) is 13.0 Å². The summed E-state index contributed by atoms with van der Waals surface area (Å²) in [6, 6.07) is 6.00. The summed E-state index contributed by atoms with van der Waals surface area (Å²) in [6.45, 7) is 1.40. The average Bonchev–Trinajstić information content (AvgIpc) is 3.20. The third-order valence-corrected chi connectivity index (χ3v) is 5.62. The summed E-state index contributed by atoms with van der Waals surface area (Å²) in [5.74, 6) is -2.42. The van der Waals surface area contributed by atoms with Gasteiger partial charge >= 0.3 is 6.03 Å². The maximum absolute atomic E-state index is 13.5. The second-order valence-corrected chi connectivity index (χ2v) is 8.63. The highest BCUT2D eigenvalue weighted by atomic mass is 32.1. The van der Waals surface area contributed by atoms with E-state index < -0.39 is 23.6 Å². The van der Waals surface area contributed by atoms with E-state index in [1.807, 2.05) is 19.0 Å². The van der Waals surface area contributed by atoms with Gasteiger partial charge in [0, 0.05) is 41.8 Å². The van der Waals surface area contributed by atoms with Crippen molar-refractivity contribution in [2.75, 3.05) is 43.6 Å². The normalized spacial score (nSPS) is 10.9. The molecule has 0 aliphatic carbocycles. The van der Waals surface area contributed by atoms with Crippen molar-refractivity contribution in [1.29, 1.82) is 0 Å². The molecule has 0 aliphatic rings. The van der Waals surface area contributed by atoms with E-state index in [9.17, 15) is 18.4 Å². The molecule has 180 valence electrons. The fraction of sp³-hybridized carbons (Fsp3) is 0.261. The molecule has 3 rings (SSSR count). The summed E-state index contributed by atoms with van der Waals surface area (Å²) in [5, 5.41) is 8.77. The van der Waals surface area contributed by atoms with Crippen LogP contribution >= 0.6 is 11.3 Å². The lowest BCUT2D eigenvalue weighted by atomic mass is 10.2. The van der Waals surface area contributed by atoms with Crippen LogP contribution in [0.15, 0.2) is 47.3 Å². The predicted molar refractivity (Wildman–Crippen MR) is 130 cm³/mol. The number of carbonyl (C=O) groups excluding carboxylic acids is 2. The minimum atomic E-state index is -1.04. The standard InChI is InChI=1S/C23H26F2N6O2S/c1-30(2)8-3-9-31(23(33)28-16-5-6-17(24)18(25)10-16)12-15-4-7-20(27-11-15)22(32)29-21-14-34-13-19(21)26/h4-7,10-11,13-14H,3,8-9,12,26H2,1-2H3,(H,28,33)(H,29,32). The molecule has 11 heteroatoms. The number of aromatic nitrogens is 1. The predicted octanol–water partition coefficient (Wildman–Crippen LogP) is 4.24. The molecule has 34 heavy (non-hydrogen) atoms. The summed E-state index contributed by atoms with van der Waals surface area (Å²) in [5.41, 5.74) is 7.87. The number of halogens is 2. The van der Waals surface area contributed by atoms with E-state index in [4.69, 9.17) is 5.73 Å². The maximum Gasteiger partial charge on any atom is 0.322 e. The van der Waals surface area contributed by atoms with E-state index in [-0.39, 0.29) is 17.9 Å². The number of pyridine rings is 1. The molecule has 2 heterocycles. The smallest absolute Gasteiger partial charge is 0.322 e. The number of nitrogen functional groups attached to an aromatic ring is 1. The van der Waals surface area contributed by atoms with Gasteiger partial charge in [-0.25, -0.2) is 13.6 Å². The monoisotopic (exact) mass is 488 g/mol. The van der Waals surface area contributed by atoms with Gasteiger partial charge in [-0.15, -0.1) is 11.3 Å². The van der Waals surface area contributed by atoms with Crippen molar-refractivity contribution in [2.24, 2.45) is 0 Å². The molecule has 8 nitrogen and oxygen atoms in total. The van der Waals surface area contributed by atoms with Crippen LogP contribution in [0.25, 0.3) is 0 Å². The molecule has 2 aromatic heterocycles. The largest absolute Gasteiger partial charge is 0.396 e. The molecule has 1 aromatic carbocycles. The average molecular weight is 489 g/mol. The van der Waals surface area contributed by atoms with Gasteiger partial charge in [-0.3, -0.25) is 9.78 Å². The zero-order chi connectivity index (χ0) is 24.7. The first-order valence-electron chi connectivity index (χ1n) is 10.5. The first-order chi connectivity index (χ1) is 16.2. The van der Waals surface area contributed by atoms with Gasteiger partial charge in [0.1, 0.15) is 5.69 Å². The molecule has 3 amide bonds. The highest BCUT2D eigenvalue weighted by Crippen LogP contribution is 2.23. The molecule has 0 bridgehead atoms. The number of hydrogen-bond acceptors (Lipinski definition) is 6. The molecule has 0 unspecified atom stereocenters. The van der Waals surface area contributed by atoms with Crippen LogP contribution in [-0.2, 0) is 6.54 Å². The molecule has 0 saturated heterocycles. The Hall–Kier alpha value is -3.57. The Balaban J connectivity index is 1.68. The van der Waals surface area contributed by atoms with Gasteiger partial charge in [0.05, 0.1) is 11.4 Å². The van der Waals surface area contributed by atoms with Gasteiger partial charge < -0.3 is 26.2 Å². The minimum Gasteiger partial charge on any atom is -0.396 e. The van der Waals surface area contributed by atoms with Crippen molar-refractivity contribution in [3.8, 4) is 0 Å². The second kappa shape index (κ2) is 11.5. The van der Waals surface area contributed by atoms with Crippen molar-refractivity contribution >= 4 is 40.3 Å². The number of urea groups is 1. The summed E-state index contributed by atoms with van der Waals surface area (Å²) in [7, 11) is 3.87. The van der Waals surface area contributed by atoms with Crippen molar-refractivity contribution in [1.82, 2.24) is 14.8 Å². The topological polar surface area (TPSA) is 104 Å². The third kappa shape index (κ3) is 6.96. The highest BCUT2D eigenvalue weighted by Gasteiger charge is 2.16. The lowest BCUT2D eigenvalue weighted by Gasteiger charge is -2.24. The van der Waals surface area contributed by atoms with Crippen LogP contribution in [0.1, 0.15) is 22.5 Å². The van der Waals surface area contributed by atoms with Crippen LogP contribution in [-0.4, -0.2) is 53.9 Å². The molecule has 0 fully saturated rings. The lowest BCUT2D eigenvalue weighted by molar-refractivity contribution is 0.102. The van der Waals surface area contributed by atoms with Crippen molar-refractivity contribution < 1.29 is 18.4 Å². The Kier molecular flexibility index (Phi) is 8.50. The van der Waals surface area contributed by atoms with Crippen molar-refractivity contribution in [3.63, 3.8) is 0 Å². The number of benzene rings is 1. The highest BCUT2D eigenvalue weighted by molar-refractivity contribution is 7.09. The fourth-order valence-corrected chi connectivity index (χ4v) is 3.75. The number of thiophene rings is 1. The first kappa shape index (κ1) is 25.1. The van der Waals surface area contributed by atoms with Crippen molar-refractivity contribution in [3.05, 3.63) is 70.2 Å². The van der Waals surface area contributed by atoms with E-state index in [2.05, 4.69) is 15.6 Å². The molecule has 0 saturated carbocycles. The number of rotatable bonds is 9. The number of nitrogens with one attached hydrogen (secondary N) is 2. The van der Waals surface area contributed by atoms with Crippen LogP contribution in [0.3, 0.4) is 0 Å². The van der Waals surface area contributed by atoms with Crippen LogP contribution in [0.2, 0.25) is 0 Å². The van der Waals surface area contributed by atoms with E-state index in [1.54, 1.807) is 27.8 Å². The van der Waals surface area contributed by atoms with E-state index >= 15 is 0 Å². The second-order valence-electron chi connectivity index (χ2n) is 7.88. The molecule has 0 atom stereocenters. The summed E-state index contributed by atoms with van der Waals surface area (Å²) >= 11 is 1.38. The summed E-state index contributed by atoms with van der Waals surface area (Å²) in [6.07, 6.45) is 2.23. The number of anilines is 3. The van der Waals surface area contributed by atoms with Crippen LogP contribution in [0, 0.1) is 11.6 Å². The lowest BCUT2D eigenvalue weighted by Crippen LogP contribution is -2.36.